The lowest BCUT2D eigenvalue weighted by Crippen LogP contribution is -2.32. The lowest BCUT2D eigenvalue weighted by Gasteiger charge is -2.25. The van der Waals surface area contributed by atoms with Gasteiger partial charge in [0.15, 0.2) is 0 Å². The molecule has 1 unspecified atom stereocenters. The number of rotatable bonds is 10. The number of unbranched alkanes of at least 4 members (excludes halogenated alkanes) is 1. The molecule has 176 valence electrons. The predicted molar refractivity (Wildman–Crippen MR) is 128 cm³/mol. The van der Waals surface area contributed by atoms with Crippen molar-refractivity contribution in [2.75, 3.05) is 33.8 Å². The second kappa shape index (κ2) is 11.1. The SMILES string of the molecule is CCCCOc1ccc(/C(O)=C2/C(=O)C(=O)N(CCCN(C)C)C2c2ccncc2)cc1C. The number of amides is 1. The molecule has 0 spiro atoms. The Morgan fingerprint density at radius 2 is 1.88 bits per heavy atom. The highest BCUT2D eigenvalue weighted by molar-refractivity contribution is 6.46. The van der Waals surface area contributed by atoms with Crippen molar-refractivity contribution >= 4 is 17.4 Å². The van der Waals surface area contributed by atoms with Gasteiger partial charge in [0.05, 0.1) is 18.2 Å². The van der Waals surface area contributed by atoms with E-state index in [1.165, 1.54) is 0 Å². The second-order valence-electron chi connectivity index (χ2n) is 8.61. The first kappa shape index (κ1) is 24.5. The van der Waals surface area contributed by atoms with Gasteiger partial charge in [0.1, 0.15) is 11.5 Å². The lowest BCUT2D eigenvalue weighted by atomic mass is 9.95. The van der Waals surface area contributed by atoms with Crippen LogP contribution in [0.3, 0.4) is 0 Å². The fraction of sp³-hybridized carbons (Fsp3) is 0.423. The van der Waals surface area contributed by atoms with Crippen molar-refractivity contribution in [2.24, 2.45) is 0 Å². The first-order chi connectivity index (χ1) is 15.8. The number of nitrogens with zero attached hydrogens (tertiary/aromatic N) is 3. The number of hydrogen-bond acceptors (Lipinski definition) is 6. The number of hydrogen-bond donors (Lipinski definition) is 1. The van der Waals surface area contributed by atoms with Crippen LogP contribution in [0.15, 0.2) is 48.3 Å². The molecule has 1 aliphatic heterocycles. The van der Waals surface area contributed by atoms with Crippen molar-refractivity contribution in [3.8, 4) is 5.75 Å². The summed E-state index contributed by atoms with van der Waals surface area (Å²) in [4.78, 5) is 33.7. The summed E-state index contributed by atoms with van der Waals surface area (Å²) in [6.07, 6.45) is 5.97. The molecule has 3 rings (SSSR count). The van der Waals surface area contributed by atoms with Gasteiger partial charge in [-0.15, -0.1) is 0 Å². The third-order valence-electron chi connectivity index (χ3n) is 5.77. The van der Waals surface area contributed by atoms with E-state index in [9.17, 15) is 14.7 Å². The fourth-order valence-corrected chi connectivity index (χ4v) is 4.00. The van der Waals surface area contributed by atoms with E-state index in [4.69, 9.17) is 4.74 Å². The zero-order chi connectivity index (χ0) is 24.0. The van der Waals surface area contributed by atoms with Gasteiger partial charge in [0.25, 0.3) is 11.7 Å². The summed E-state index contributed by atoms with van der Waals surface area (Å²) < 4.78 is 5.81. The Hall–Kier alpha value is -3.19. The number of aliphatic hydroxyl groups is 1. The number of aryl methyl sites for hydroxylation is 1. The molecular formula is C26H33N3O4. The predicted octanol–water partition coefficient (Wildman–Crippen LogP) is 3.94. The number of likely N-dealkylation sites (tertiary alicyclic amines) is 1. The molecule has 1 aromatic carbocycles. The fourth-order valence-electron chi connectivity index (χ4n) is 4.00. The molecule has 1 N–H and O–H groups in total. The maximum atomic E-state index is 13.1. The molecule has 0 saturated carbocycles. The van der Waals surface area contributed by atoms with Gasteiger partial charge in [-0.2, -0.15) is 0 Å². The summed E-state index contributed by atoms with van der Waals surface area (Å²) in [7, 11) is 3.93. The van der Waals surface area contributed by atoms with Crippen LogP contribution in [-0.2, 0) is 9.59 Å². The summed E-state index contributed by atoms with van der Waals surface area (Å²) in [5, 5.41) is 11.2. The summed E-state index contributed by atoms with van der Waals surface area (Å²) in [6.45, 7) is 5.83. The van der Waals surface area contributed by atoms with Crippen LogP contribution in [0.2, 0.25) is 0 Å². The standard InChI is InChI=1S/C26H33N3O4/c1-5-6-16-33-21-9-8-20(17-18(21)2)24(30)22-23(19-10-12-27-13-11-19)29(26(32)25(22)31)15-7-14-28(3)4/h8-13,17,23,30H,5-7,14-16H2,1-4H3/b24-22-. The van der Waals surface area contributed by atoms with Gasteiger partial charge in [0.2, 0.25) is 0 Å². The minimum absolute atomic E-state index is 0.107. The third kappa shape index (κ3) is 5.60. The molecule has 2 aromatic rings. The number of pyridine rings is 1. The molecule has 1 fully saturated rings. The van der Waals surface area contributed by atoms with Crippen LogP contribution in [0.5, 0.6) is 5.75 Å². The molecule has 2 heterocycles. The maximum absolute atomic E-state index is 13.1. The molecule has 33 heavy (non-hydrogen) atoms. The number of aromatic nitrogens is 1. The van der Waals surface area contributed by atoms with E-state index >= 15 is 0 Å². The molecule has 0 bridgehead atoms. The van der Waals surface area contributed by atoms with Crippen molar-refractivity contribution < 1.29 is 19.4 Å². The Kier molecular flexibility index (Phi) is 8.22. The Balaban J connectivity index is 1.99. The van der Waals surface area contributed by atoms with Crippen molar-refractivity contribution in [3.05, 3.63) is 65.0 Å². The highest BCUT2D eigenvalue weighted by Gasteiger charge is 2.45. The van der Waals surface area contributed by atoms with E-state index in [2.05, 4.69) is 11.9 Å². The summed E-state index contributed by atoms with van der Waals surface area (Å²) >= 11 is 0. The molecule has 0 radical (unpaired) electrons. The monoisotopic (exact) mass is 451 g/mol. The largest absolute Gasteiger partial charge is 0.507 e. The van der Waals surface area contributed by atoms with Crippen molar-refractivity contribution in [2.45, 2.75) is 39.2 Å². The van der Waals surface area contributed by atoms with E-state index in [1.54, 1.807) is 47.6 Å². The average molecular weight is 452 g/mol. The third-order valence-corrected chi connectivity index (χ3v) is 5.77. The maximum Gasteiger partial charge on any atom is 0.295 e. The number of Topliss-reactive ketones (excluding diaryl/α,β-unsaturated/α-hetero) is 1. The van der Waals surface area contributed by atoms with Crippen molar-refractivity contribution in [3.63, 3.8) is 0 Å². The molecule has 1 atom stereocenters. The van der Waals surface area contributed by atoms with Crippen LogP contribution >= 0.6 is 0 Å². The zero-order valence-corrected chi connectivity index (χ0v) is 19.9. The van der Waals surface area contributed by atoms with Crippen LogP contribution in [0.4, 0.5) is 0 Å². The minimum Gasteiger partial charge on any atom is -0.507 e. The molecule has 1 aromatic heterocycles. The van der Waals surface area contributed by atoms with E-state index < -0.39 is 17.7 Å². The molecule has 7 nitrogen and oxygen atoms in total. The molecule has 1 aliphatic rings. The topological polar surface area (TPSA) is 83.0 Å². The summed E-state index contributed by atoms with van der Waals surface area (Å²) in [6, 6.07) is 8.22. The van der Waals surface area contributed by atoms with Crippen LogP contribution in [0.25, 0.3) is 5.76 Å². The van der Waals surface area contributed by atoms with Gasteiger partial charge < -0.3 is 19.6 Å². The van der Waals surface area contributed by atoms with E-state index in [0.717, 1.165) is 36.3 Å². The smallest absolute Gasteiger partial charge is 0.295 e. The summed E-state index contributed by atoms with van der Waals surface area (Å²) in [5.74, 6) is -0.684. The number of benzene rings is 1. The van der Waals surface area contributed by atoms with E-state index in [0.29, 0.717) is 25.1 Å². The van der Waals surface area contributed by atoms with Gasteiger partial charge in [-0.25, -0.2) is 0 Å². The van der Waals surface area contributed by atoms with Crippen LogP contribution in [0, 0.1) is 6.92 Å². The highest BCUT2D eigenvalue weighted by atomic mass is 16.5. The minimum atomic E-state index is -0.667. The highest BCUT2D eigenvalue weighted by Crippen LogP contribution is 2.39. The van der Waals surface area contributed by atoms with Crippen LogP contribution in [-0.4, -0.2) is 65.4 Å². The Bertz CT molecular complexity index is 1020. The first-order valence-electron chi connectivity index (χ1n) is 11.4. The van der Waals surface area contributed by atoms with Gasteiger partial charge in [0, 0.05) is 24.5 Å². The number of carbonyl (C=O) groups is 2. The van der Waals surface area contributed by atoms with Gasteiger partial charge in [-0.1, -0.05) is 13.3 Å². The first-order valence-corrected chi connectivity index (χ1v) is 11.4. The second-order valence-corrected chi connectivity index (χ2v) is 8.61. The number of aliphatic hydroxyl groups excluding tert-OH is 1. The number of ether oxygens (including phenoxy) is 1. The Morgan fingerprint density at radius 1 is 1.15 bits per heavy atom. The molecule has 7 heteroatoms. The van der Waals surface area contributed by atoms with Gasteiger partial charge in [-0.3, -0.25) is 14.6 Å². The number of ketones is 1. The molecule has 1 amide bonds. The number of carbonyl (C=O) groups excluding carboxylic acids is 2. The van der Waals surface area contributed by atoms with Crippen LogP contribution in [0.1, 0.15) is 48.9 Å². The van der Waals surface area contributed by atoms with Crippen molar-refractivity contribution in [1.29, 1.82) is 0 Å². The van der Waals surface area contributed by atoms with Crippen LogP contribution < -0.4 is 4.74 Å². The van der Waals surface area contributed by atoms with E-state index in [1.807, 2.05) is 25.9 Å². The Morgan fingerprint density at radius 3 is 2.52 bits per heavy atom. The molecular weight excluding hydrogens is 418 g/mol. The zero-order valence-electron chi connectivity index (χ0n) is 19.9. The average Bonchev–Trinajstić information content (AvgIpc) is 3.05. The summed E-state index contributed by atoms with van der Waals surface area (Å²) in [5.41, 5.74) is 2.19. The van der Waals surface area contributed by atoms with E-state index in [-0.39, 0.29) is 11.3 Å². The quantitative estimate of drug-likeness (QED) is 0.255. The lowest BCUT2D eigenvalue weighted by molar-refractivity contribution is -0.139. The molecule has 0 aliphatic carbocycles. The molecule has 1 saturated heterocycles. The van der Waals surface area contributed by atoms with Gasteiger partial charge >= 0.3 is 0 Å². The normalized spacial score (nSPS) is 17.7. The van der Waals surface area contributed by atoms with Crippen molar-refractivity contribution in [1.82, 2.24) is 14.8 Å². The Labute approximate surface area is 195 Å². The van der Waals surface area contributed by atoms with Gasteiger partial charge in [-0.05, 0) is 81.9 Å².